The van der Waals surface area contributed by atoms with Crippen molar-refractivity contribution in [1.82, 2.24) is 9.88 Å². The summed E-state index contributed by atoms with van der Waals surface area (Å²) in [6.07, 6.45) is 10.5. The number of thiazole rings is 1. The number of nitrogens with one attached hydrogen (secondary N) is 1. The van der Waals surface area contributed by atoms with Crippen LogP contribution in [0.2, 0.25) is 0 Å². The van der Waals surface area contributed by atoms with Crippen molar-refractivity contribution in [2.45, 2.75) is 6.92 Å². The molecule has 2 amide bonds. The number of carbonyl (C=O) groups is 1. The summed E-state index contributed by atoms with van der Waals surface area (Å²) in [5.41, 5.74) is 2.69. The SMILES string of the molecule is C#CCN(CC#C)C(=O)Nc1ccc(-c2nc(C)cs2)cc1. The van der Waals surface area contributed by atoms with Crippen LogP contribution in [0.1, 0.15) is 5.69 Å². The molecule has 1 heterocycles. The van der Waals surface area contributed by atoms with Gasteiger partial charge in [-0.05, 0) is 31.2 Å². The molecule has 4 nitrogen and oxygen atoms in total. The van der Waals surface area contributed by atoms with Crippen LogP contribution in [0.4, 0.5) is 10.5 Å². The topological polar surface area (TPSA) is 45.2 Å². The molecule has 1 aromatic heterocycles. The summed E-state index contributed by atoms with van der Waals surface area (Å²) in [6.45, 7) is 2.30. The van der Waals surface area contributed by atoms with Crippen LogP contribution in [0.25, 0.3) is 10.6 Å². The van der Waals surface area contributed by atoms with E-state index in [4.69, 9.17) is 12.8 Å². The number of aryl methyl sites for hydroxylation is 1. The highest BCUT2D eigenvalue weighted by atomic mass is 32.1. The predicted molar refractivity (Wildman–Crippen MR) is 90.5 cm³/mol. The molecular formula is C17H15N3OS. The van der Waals surface area contributed by atoms with Crippen molar-refractivity contribution in [1.29, 1.82) is 0 Å². The fraction of sp³-hybridized carbons (Fsp3) is 0.176. The van der Waals surface area contributed by atoms with Gasteiger partial charge in [-0.2, -0.15) is 0 Å². The molecule has 0 fully saturated rings. The summed E-state index contributed by atoms with van der Waals surface area (Å²) in [4.78, 5) is 17.9. The molecule has 1 aromatic carbocycles. The molecular weight excluding hydrogens is 294 g/mol. The van der Waals surface area contributed by atoms with E-state index in [-0.39, 0.29) is 19.1 Å². The maximum Gasteiger partial charge on any atom is 0.323 e. The molecule has 0 saturated carbocycles. The Bertz CT molecular complexity index is 718. The normalized spacial score (nSPS) is 9.59. The number of amides is 2. The van der Waals surface area contributed by atoms with Crippen LogP contribution in [0.5, 0.6) is 0 Å². The lowest BCUT2D eigenvalue weighted by Gasteiger charge is -2.18. The summed E-state index contributed by atoms with van der Waals surface area (Å²) in [6, 6.07) is 7.18. The number of hydrogen-bond donors (Lipinski definition) is 1. The highest BCUT2D eigenvalue weighted by Gasteiger charge is 2.11. The summed E-state index contributed by atoms with van der Waals surface area (Å²) in [7, 11) is 0. The van der Waals surface area contributed by atoms with Gasteiger partial charge < -0.3 is 10.2 Å². The predicted octanol–water partition coefficient (Wildman–Crippen LogP) is 3.22. The zero-order valence-corrected chi connectivity index (χ0v) is 13.0. The largest absolute Gasteiger partial charge is 0.323 e. The van der Waals surface area contributed by atoms with Crippen LogP contribution < -0.4 is 5.32 Å². The number of aromatic nitrogens is 1. The smallest absolute Gasteiger partial charge is 0.308 e. The van der Waals surface area contributed by atoms with Gasteiger partial charge in [0.25, 0.3) is 0 Å². The van der Waals surface area contributed by atoms with Gasteiger partial charge in [0.05, 0.1) is 13.1 Å². The van der Waals surface area contributed by atoms with Crippen LogP contribution in [0, 0.1) is 31.6 Å². The molecule has 22 heavy (non-hydrogen) atoms. The molecule has 0 saturated heterocycles. The van der Waals surface area contributed by atoms with Crippen LogP contribution >= 0.6 is 11.3 Å². The number of anilines is 1. The molecule has 110 valence electrons. The first-order chi connectivity index (χ1) is 10.6. The fourth-order valence-electron chi connectivity index (χ4n) is 1.81. The van der Waals surface area contributed by atoms with E-state index in [0.29, 0.717) is 5.69 Å². The summed E-state index contributed by atoms with van der Waals surface area (Å²) in [5.74, 6) is 4.83. The Kier molecular flexibility index (Phi) is 5.19. The standard InChI is InChI=1S/C17H15N3OS/c1-4-10-20(11-5-2)17(21)19-15-8-6-14(7-9-15)16-18-13(3)12-22-16/h1-2,6-9,12H,10-11H2,3H3,(H,19,21). The second-order valence-electron chi connectivity index (χ2n) is 4.57. The number of nitrogens with zero attached hydrogens (tertiary/aromatic N) is 2. The van der Waals surface area contributed by atoms with Crippen molar-refractivity contribution < 1.29 is 4.79 Å². The monoisotopic (exact) mass is 309 g/mol. The van der Waals surface area contributed by atoms with Gasteiger partial charge in [-0.3, -0.25) is 0 Å². The Morgan fingerprint density at radius 1 is 1.27 bits per heavy atom. The molecule has 0 radical (unpaired) electrons. The zero-order valence-electron chi connectivity index (χ0n) is 12.2. The minimum atomic E-state index is -0.311. The molecule has 0 aliphatic rings. The molecule has 0 aliphatic heterocycles. The van der Waals surface area contributed by atoms with Crippen LogP contribution in [-0.4, -0.2) is 29.0 Å². The highest BCUT2D eigenvalue weighted by molar-refractivity contribution is 7.13. The van der Waals surface area contributed by atoms with Gasteiger partial charge >= 0.3 is 6.03 Å². The van der Waals surface area contributed by atoms with Gasteiger partial charge in [0.2, 0.25) is 0 Å². The number of carbonyl (C=O) groups excluding carboxylic acids is 1. The molecule has 0 unspecified atom stereocenters. The van der Waals surface area contributed by atoms with E-state index in [1.165, 1.54) is 4.90 Å². The second kappa shape index (κ2) is 7.31. The maximum atomic E-state index is 12.1. The third-order valence-electron chi connectivity index (χ3n) is 2.85. The van der Waals surface area contributed by atoms with Gasteiger partial charge in [0.1, 0.15) is 5.01 Å². The highest BCUT2D eigenvalue weighted by Crippen LogP contribution is 2.24. The molecule has 2 aromatic rings. The third-order valence-corrected chi connectivity index (χ3v) is 3.86. The first kappa shape index (κ1) is 15.6. The van der Waals surface area contributed by atoms with E-state index in [2.05, 4.69) is 22.1 Å². The lowest BCUT2D eigenvalue weighted by Crippen LogP contribution is -2.35. The molecule has 5 heteroatoms. The zero-order chi connectivity index (χ0) is 15.9. The minimum Gasteiger partial charge on any atom is -0.308 e. The first-order valence-corrected chi connectivity index (χ1v) is 7.47. The summed E-state index contributed by atoms with van der Waals surface area (Å²) < 4.78 is 0. The number of rotatable bonds is 4. The van der Waals surface area contributed by atoms with E-state index in [9.17, 15) is 4.79 Å². The number of hydrogen-bond acceptors (Lipinski definition) is 3. The van der Waals surface area contributed by atoms with Crippen molar-refractivity contribution in [3.8, 4) is 35.3 Å². The average molecular weight is 309 g/mol. The lowest BCUT2D eigenvalue weighted by molar-refractivity contribution is 0.223. The molecule has 1 N–H and O–H groups in total. The van der Waals surface area contributed by atoms with E-state index in [1.54, 1.807) is 11.3 Å². The lowest BCUT2D eigenvalue weighted by atomic mass is 10.2. The van der Waals surface area contributed by atoms with E-state index < -0.39 is 0 Å². The van der Waals surface area contributed by atoms with Crippen molar-refractivity contribution in [2.24, 2.45) is 0 Å². The van der Waals surface area contributed by atoms with Crippen LogP contribution in [0.15, 0.2) is 29.6 Å². The van der Waals surface area contributed by atoms with Gasteiger partial charge in [-0.1, -0.05) is 11.8 Å². The molecule has 0 bridgehead atoms. The molecule has 0 atom stereocenters. The van der Waals surface area contributed by atoms with Crippen molar-refractivity contribution in [3.05, 3.63) is 35.3 Å². The van der Waals surface area contributed by atoms with Gasteiger partial charge in [0.15, 0.2) is 0 Å². The van der Waals surface area contributed by atoms with Crippen molar-refractivity contribution >= 4 is 23.1 Å². The number of benzene rings is 1. The van der Waals surface area contributed by atoms with Gasteiger partial charge in [-0.25, -0.2) is 9.78 Å². The average Bonchev–Trinajstić information content (AvgIpc) is 2.94. The van der Waals surface area contributed by atoms with E-state index in [0.717, 1.165) is 16.3 Å². The van der Waals surface area contributed by atoms with E-state index in [1.807, 2.05) is 36.6 Å². The third kappa shape index (κ3) is 3.88. The maximum absolute atomic E-state index is 12.1. The van der Waals surface area contributed by atoms with Crippen molar-refractivity contribution in [2.75, 3.05) is 18.4 Å². The Labute approximate surface area is 134 Å². The first-order valence-electron chi connectivity index (χ1n) is 6.59. The van der Waals surface area contributed by atoms with Crippen molar-refractivity contribution in [3.63, 3.8) is 0 Å². The van der Waals surface area contributed by atoms with Gasteiger partial charge in [0, 0.05) is 22.3 Å². The summed E-state index contributed by atoms with van der Waals surface area (Å²) in [5, 5.41) is 5.73. The second-order valence-corrected chi connectivity index (χ2v) is 5.42. The number of urea groups is 1. The number of terminal acetylenes is 2. The van der Waals surface area contributed by atoms with Gasteiger partial charge in [-0.15, -0.1) is 24.2 Å². The van der Waals surface area contributed by atoms with Crippen LogP contribution in [0.3, 0.4) is 0 Å². The fourth-order valence-corrected chi connectivity index (χ4v) is 2.61. The van der Waals surface area contributed by atoms with E-state index >= 15 is 0 Å². The summed E-state index contributed by atoms with van der Waals surface area (Å²) >= 11 is 1.59. The molecule has 0 spiro atoms. The Hall–Kier alpha value is -2.76. The van der Waals surface area contributed by atoms with Crippen LogP contribution in [-0.2, 0) is 0 Å². The minimum absolute atomic E-state index is 0.173. The Balaban J connectivity index is 2.06. The Morgan fingerprint density at radius 3 is 2.41 bits per heavy atom. The molecule has 0 aliphatic carbocycles. The quantitative estimate of drug-likeness (QED) is 0.881. The Morgan fingerprint density at radius 2 is 1.91 bits per heavy atom. The molecule has 2 rings (SSSR count).